The first-order valence-corrected chi connectivity index (χ1v) is 9.63. The first-order valence-electron chi connectivity index (χ1n) is 9.63. The molecule has 152 valence electrons. The van der Waals surface area contributed by atoms with Crippen LogP contribution in [-0.2, 0) is 4.79 Å². The van der Waals surface area contributed by atoms with Crippen LogP contribution in [0.2, 0.25) is 0 Å². The molecule has 0 radical (unpaired) electrons. The van der Waals surface area contributed by atoms with Crippen LogP contribution >= 0.6 is 0 Å². The van der Waals surface area contributed by atoms with Crippen LogP contribution in [-0.4, -0.2) is 37.7 Å². The molecule has 0 amide bonds. The SMILES string of the molecule is COc1ccc([C@@H]2c3cc4c(cc3O[C@]3(O)CCCC(=O)[C@H]23)OCO4)c(OC)c1. The van der Waals surface area contributed by atoms with Crippen molar-refractivity contribution >= 4 is 5.78 Å². The molecule has 0 saturated heterocycles. The number of ether oxygens (including phenoxy) is 5. The highest BCUT2D eigenvalue weighted by molar-refractivity contribution is 5.85. The standard InChI is InChI=1S/C22H22O7/c1-25-12-5-6-13(16(8-12)26-2)20-14-9-18-19(28-11-27-18)10-17(14)29-22(24)7-3-4-15(23)21(20)22/h5-6,8-10,20-21,24H,3-4,7,11H2,1-2H3/t20-,21-,22-/m1/s1. The third-order valence-electron chi connectivity index (χ3n) is 6.03. The zero-order valence-corrected chi connectivity index (χ0v) is 16.3. The molecule has 2 aromatic rings. The molecule has 2 aromatic carbocycles. The van der Waals surface area contributed by atoms with Crippen molar-refractivity contribution in [1.82, 2.24) is 0 Å². The summed E-state index contributed by atoms with van der Waals surface area (Å²) in [5.41, 5.74) is 1.55. The lowest BCUT2D eigenvalue weighted by atomic mass is 9.67. The van der Waals surface area contributed by atoms with E-state index in [-0.39, 0.29) is 12.6 Å². The Morgan fingerprint density at radius 1 is 1.03 bits per heavy atom. The van der Waals surface area contributed by atoms with E-state index >= 15 is 0 Å². The summed E-state index contributed by atoms with van der Waals surface area (Å²) >= 11 is 0. The average molecular weight is 398 g/mol. The van der Waals surface area contributed by atoms with E-state index in [1.165, 1.54) is 0 Å². The maximum atomic E-state index is 13.0. The lowest BCUT2D eigenvalue weighted by Gasteiger charge is -2.47. The number of methoxy groups -OCH3 is 2. The monoisotopic (exact) mass is 398 g/mol. The van der Waals surface area contributed by atoms with Gasteiger partial charge in [-0.25, -0.2) is 0 Å². The predicted molar refractivity (Wildman–Crippen MR) is 102 cm³/mol. The molecule has 2 heterocycles. The number of benzene rings is 2. The van der Waals surface area contributed by atoms with Crippen molar-refractivity contribution in [3.63, 3.8) is 0 Å². The van der Waals surface area contributed by atoms with E-state index in [0.29, 0.717) is 48.0 Å². The smallest absolute Gasteiger partial charge is 0.231 e. The van der Waals surface area contributed by atoms with Crippen LogP contribution in [0.4, 0.5) is 0 Å². The molecule has 1 saturated carbocycles. The van der Waals surface area contributed by atoms with Crippen LogP contribution < -0.4 is 23.7 Å². The van der Waals surface area contributed by atoms with Gasteiger partial charge in [-0.3, -0.25) is 4.79 Å². The van der Waals surface area contributed by atoms with E-state index in [0.717, 1.165) is 11.1 Å². The van der Waals surface area contributed by atoms with Crippen molar-refractivity contribution in [3.8, 4) is 28.7 Å². The number of hydrogen-bond acceptors (Lipinski definition) is 7. The molecule has 0 unspecified atom stereocenters. The van der Waals surface area contributed by atoms with Crippen molar-refractivity contribution in [2.24, 2.45) is 5.92 Å². The van der Waals surface area contributed by atoms with Crippen LogP contribution in [0.1, 0.15) is 36.3 Å². The molecule has 1 aliphatic carbocycles. The van der Waals surface area contributed by atoms with Crippen LogP contribution in [0.3, 0.4) is 0 Å². The Kier molecular flexibility index (Phi) is 4.10. The van der Waals surface area contributed by atoms with Gasteiger partial charge in [0.05, 0.1) is 20.1 Å². The number of ketones is 1. The van der Waals surface area contributed by atoms with Crippen LogP contribution in [0.25, 0.3) is 0 Å². The second-order valence-corrected chi connectivity index (χ2v) is 7.57. The first-order chi connectivity index (χ1) is 14.0. The summed E-state index contributed by atoms with van der Waals surface area (Å²) in [4.78, 5) is 13.0. The minimum absolute atomic E-state index is 0.0232. The number of carbonyl (C=O) groups excluding carboxylic acids is 1. The van der Waals surface area contributed by atoms with Crippen molar-refractivity contribution in [3.05, 3.63) is 41.5 Å². The Bertz CT molecular complexity index is 985. The molecule has 2 aliphatic heterocycles. The topological polar surface area (TPSA) is 83.5 Å². The molecule has 29 heavy (non-hydrogen) atoms. The molecule has 5 rings (SSSR count). The van der Waals surface area contributed by atoms with Gasteiger partial charge in [-0.2, -0.15) is 0 Å². The molecule has 1 N–H and O–H groups in total. The zero-order chi connectivity index (χ0) is 20.2. The summed E-state index contributed by atoms with van der Waals surface area (Å²) in [5.74, 6) is 0.0844. The Morgan fingerprint density at radius 3 is 2.59 bits per heavy atom. The number of Topliss-reactive ketones (excluding diaryl/α,β-unsaturated/α-hetero) is 1. The van der Waals surface area contributed by atoms with Gasteiger partial charge in [0.15, 0.2) is 11.5 Å². The molecular weight excluding hydrogens is 376 g/mol. The van der Waals surface area contributed by atoms with Gasteiger partial charge in [0.25, 0.3) is 0 Å². The van der Waals surface area contributed by atoms with E-state index in [1.54, 1.807) is 26.4 Å². The largest absolute Gasteiger partial charge is 0.497 e. The fourth-order valence-electron chi connectivity index (χ4n) is 4.70. The zero-order valence-electron chi connectivity index (χ0n) is 16.3. The second kappa shape index (κ2) is 6.56. The summed E-state index contributed by atoms with van der Waals surface area (Å²) in [6.45, 7) is 0.126. The predicted octanol–water partition coefficient (Wildman–Crippen LogP) is 3.01. The summed E-state index contributed by atoms with van der Waals surface area (Å²) < 4.78 is 28.0. The van der Waals surface area contributed by atoms with E-state index in [1.807, 2.05) is 18.2 Å². The molecule has 3 atom stereocenters. The highest BCUT2D eigenvalue weighted by Crippen LogP contribution is 2.55. The van der Waals surface area contributed by atoms with Crippen molar-refractivity contribution in [2.45, 2.75) is 31.0 Å². The van der Waals surface area contributed by atoms with E-state index in [9.17, 15) is 9.90 Å². The Morgan fingerprint density at radius 2 is 1.83 bits per heavy atom. The third kappa shape index (κ3) is 2.72. The van der Waals surface area contributed by atoms with Gasteiger partial charge in [-0.1, -0.05) is 6.07 Å². The highest BCUT2D eigenvalue weighted by Gasteiger charge is 2.55. The maximum absolute atomic E-state index is 13.0. The Hall–Kier alpha value is -2.93. The molecular formula is C22H22O7. The normalized spacial score (nSPS) is 26.9. The number of aliphatic hydroxyl groups is 1. The van der Waals surface area contributed by atoms with Gasteiger partial charge in [0.1, 0.15) is 23.0 Å². The van der Waals surface area contributed by atoms with Gasteiger partial charge in [-0.05, 0) is 18.6 Å². The maximum Gasteiger partial charge on any atom is 0.231 e. The molecule has 1 fully saturated rings. The molecule has 7 nitrogen and oxygen atoms in total. The Labute approximate surface area is 168 Å². The fraction of sp³-hybridized carbons (Fsp3) is 0.409. The van der Waals surface area contributed by atoms with Gasteiger partial charge in [0, 0.05) is 42.0 Å². The summed E-state index contributed by atoms with van der Waals surface area (Å²) in [6.07, 6.45) is 1.37. The van der Waals surface area contributed by atoms with Crippen molar-refractivity contribution < 1.29 is 33.6 Å². The molecule has 3 aliphatic rings. The van der Waals surface area contributed by atoms with Gasteiger partial charge >= 0.3 is 0 Å². The summed E-state index contributed by atoms with van der Waals surface area (Å²) in [7, 11) is 3.16. The average Bonchev–Trinajstić information content (AvgIpc) is 3.17. The number of hydrogen-bond donors (Lipinski definition) is 1. The van der Waals surface area contributed by atoms with E-state index in [2.05, 4.69) is 0 Å². The number of carbonyl (C=O) groups is 1. The first kappa shape index (κ1) is 18.1. The molecule has 0 aromatic heterocycles. The van der Waals surface area contributed by atoms with Crippen molar-refractivity contribution in [2.75, 3.05) is 21.0 Å². The molecule has 0 spiro atoms. The van der Waals surface area contributed by atoms with Gasteiger partial charge in [0.2, 0.25) is 12.6 Å². The number of fused-ring (bicyclic) bond motifs is 3. The van der Waals surface area contributed by atoms with Crippen LogP contribution in [0.15, 0.2) is 30.3 Å². The highest BCUT2D eigenvalue weighted by atomic mass is 16.7. The summed E-state index contributed by atoms with van der Waals surface area (Å²) in [5, 5.41) is 11.4. The van der Waals surface area contributed by atoms with Crippen LogP contribution in [0, 0.1) is 5.92 Å². The summed E-state index contributed by atoms with van der Waals surface area (Å²) in [6, 6.07) is 9.06. The van der Waals surface area contributed by atoms with Crippen LogP contribution in [0.5, 0.6) is 28.7 Å². The van der Waals surface area contributed by atoms with Crippen molar-refractivity contribution in [1.29, 1.82) is 0 Å². The lowest BCUT2D eigenvalue weighted by molar-refractivity contribution is -0.206. The quantitative estimate of drug-likeness (QED) is 0.851. The van der Waals surface area contributed by atoms with Gasteiger partial charge < -0.3 is 28.8 Å². The minimum atomic E-state index is -1.58. The second-order valence-electron chi connectivity index (χ2n) is 7.57. The fourth-order valence-corrected chi connectivity index (χ4v) is 4.70. The Balaban J connectivity index is 1.74. The van der Waals surface area contributed by atoms with Gasteiger partial charge in [-0.15, -0.1) is 0 Å². The minimum Gasteiger partial charge on any atom is -0.497 e. The van der Waals surface area contributed by atoms with E-state index in [4.69, 9.17) is 23.7 Å². The molecule has 0 bridgehead atoms. The number of rotatable bonds is 3. The van der Waals surface area contributed by atoms with E-state index < -0.39 is 17.6 Å². The third-order valence-corrected chi connectivity index (χ3v) is 6.03. The molecule has 7 heteroatoms. The lowest BCUT2D eigenvalue weighted by Crippen LogP contribution is -2.55.